The van der Waals surface area contributed by atoms with Gasteiger partial charge in [0.2, 0.25) is 0 Å². The normalized spacial score (nSPS) is 17.6. The summed E-state index contributed by atoms with van der Waals surface area (Å²) in [6.07, 6.45) is 0.00624. The Kier molecular flexibility index (Phi) is 6.20. The molecule has 1 aromatic carbocycles. The summed E-state index contributed by atoms with van der Waals surface area (Å²) >= 11 is 0. The minimum atomic E-state index is -4.40. The summed E-state index contributed by atoms with van der Waals surface area (Å²) in [7, 11) is 0. The van der Waals surface area contributed by atoms with Crippen LogP contribution in [0.3, 0.4) is 0 Å². The standard InChI is InChI=1S/C22H26F3N5O/c23-22(24,25)17-8-9-20(26-16-17)29-12-14-30(15-13-29)21(31)27-18-6-2-3-7-19(18)28-10-4-1-5-11-28/h2-3,6-9,16H,1,4-5,10-15H2,(H,27,31). The molecule has 166 valence electrons. The molecule has 6 nitrogen and oxygen atoms in total. The number of piperidine rings is 1. The van der Waals surface area contributed by atoms with E-state index in [0.717, 1.165) is 49.6 Å². The van der Waals surface area contributed by atoms with E-state index in [9.17, 15) is 18.0 Å². The second kappa shape index (κ2) is 9.03. The molecular formula is C22H26F3N5O. The molecule has 4 rings (SSSR count). The van der Waals surface area contributed by atoms with Crippen LogP contribution in [0.15, 0.2) is 42.6 Å². The molecule has 2 fully saturated rings. The Morgan fingerprint density at radius 3 is 2.23 bits per heavy atom. The van der Waals surface area contributed by atoms with Gasteiger partial charge in [-0.15, -0.1) is 0 Å². The number of benzene rings is 1. The van der Waals surface area contributed by atoms with Crippen molar-refractivity contribution in [3.63, 3.8) is 0 Å². The number of halogens is 3. The SMILES string of the molecule is O=C(Nc1ccccc1N1CCCCC1)N1CCN(c2ccc(C(F)(F)F)cn2)CC1. The number of hydrogen-bond donors (Lipinski definition) is 1. The maximum absolute atomic E-state index is 12.8. The quantitative estimate of drug-likeness (QED) is 0.777. The fraction of sp³-hybridized carbons (Fsp3) is 0.455. The third kappa shape index (κ3) is 5.03. The highest BCUT2D eigenvalue weighted by atomic mass is 19.4. The first-order chi connectivity index (χ1) is 14.9. The molecule has 0 saturated carbocycles. The van der Waals surface area contributed by atoms with Gasteiger partial charge in [0.05, 0.1) is 16.9 Å². The first kappa shape index (κ1) is 21.3. The number of alkyl halides is 3. The first-order valence-electron chi connectivity index (χ1n) is 10.6. The molecule has 0 atom stereocenters. The molecule has 0 bridgehead atoms. The molecule has 3 heterocycles. The number of aromatic nitrogens is 1. The van der Waals surface area contributed by atoms with E-state index in [2.05, 4.69) is 15.2 Å². The number of rotatable bonds is 3. The summed E-state index contributed by atoms with van der Waals surface area (Å²) in [5.74, 6) is 0.489. The van der Waals surface area contributed by atoms with Crippen molar-refractivity contribution in [3.05, 3.63) is 48.2 Å². The lowest BCUT2D eigenvalue weighted by Gasteiger charge is -2.36. The van der Waals surface area contributed by atoms with E-state index < -0.39 is 11.7 Å². The number of nitrogens with zero attached hydrogens (tertiary/aromatic N) is 4. The van der Waals surface area contributed by atoms with Crippen LogP contribution in [0, 0.1) is 0 Å². The molecule has 2 saturated heterocycles. The number of urea groups is 1. The van der Waals surface area contributed by atoms with E-state index in [0.29, 0.717) is 32.0 Å². The molecule has 1 aromatic heterocycles. The monoisotopic (exact) mass is 433 g/mol. The zero-order valence-corrected chi connectivity index (χ0v) is 17.2. The molecule has 0 radical (unpaired) electrons. The molecule has 2 aliphatic heterocycles. The Labute approximate surface area is 179 Å². The molecule has 0 aliphatic carbocycles. The van der Waals surface area contributed by atoms with E-state index in [1.54, 1.807) is 4.90 Å². The molecule has 0 unspecified atom stereocenters. The van der Waals surface area contributed by atoms with Gasteiger partial charge < -0.3 is 20.0 Å². The van der Waals surface area contributed by atoms with Gasteiger partial charge in [0.15, 0.2) is 0 Å². The summed E-state index contributed by atoms with van der Waals surface area (Å²) < 4.78 is 38.2. The Hall–Kier alpha value is -2.97. The van der Waals surface area contributed by atoms with Crippen LogP contribution in [-0.2, 0) is 6.18 Å². The minimum absolute atomic E-state index is 0.163. The van der Waals surface area contributed by atoms with Crippen molar-refractivity contribution in [1.29, 1.82) is 0 Å². The van der Waals surface area contributed by atoms with E-state index in [4.69, 9.17) is 0 Å². The van der Waals surface area contributed by atoms with Gasteiger partial charge in [0.25, 0.3) is 0 Å². The number of nitrogens with one attached hydrogen (secondary N) is 1. The lowest BCUT2D eigenvalue weighted by molar-refractivity contribution is -0.137. The lowest BCUT2D eigenvalue weighted by atomic mass is 10.1. The number of anilines is 3. The summed E-state index contributed by atoms with van der Waals surface area (Å²) in [5.41, 5.74) is 1.09. The fourth-order valence-electron chi connectivity index (χ4n) is 4.06. The van der Waals surface area contributed by atoms with Gasteiger partial charge in [-0.3, -0.25) is 0 Å². The fourth-order valence-corrected chi connectivity index (χ4v) is 4.06. The molecule has 31 heavy (non-hydrogen) atoms. The Bertz CT molecular complexity index is 889. The Morgan fingerprint density at radius 2 is 1.58 bits per heavy atom. The minimum Gasteiger partial charge on any atom is -0.370 e. The molecule has 0 spiro atoms. The average Bonchev–Trinajstić information content (AvgIpc) is 2.80. The van der Waals surface area contributed by atoms with Crippen LogP contribution < -0.4 is 15.1 Å². The zero-order chi connectivity index (χ0) is 21.8. The first-order valence-corrected chi connectivity index (χ1v) is 10.6. The van der Waals surface area contributed by atoms with Crippen molar-refractivity contribution < 1.29 is 18.0 Å². The van der Waals surface area contributed by atoms with Crippen LogP contribution in [-0.4, -0.2) is 55.2 Å². The summed E-state index contributed by atoms with van der Waals surface area (Å²) in [6, 6.07) is 10.1. The number of carbonyl (C=O) groups is 1. The smallest absolute Gasteiger partial charge is 0.370 e. The number of para-hydroxylation sites is 2. The molecule has 2 aliphatic rings. The Balaban J connectivity index is 1.35. The van der Waals surface area contributed by atoms with E-state index >= 15 is 0 Å². The van der Waals surface area contributed by atoms with Crippen molar-refractivity contribution in [3.8, 4) is 0 Å². The predicted molar refractivity (Wildman–Crippen MR) is 115 cm³/mol. The van der Waals surface area contributed by atoms with E-state index in [1.807, 2.05) is 29.2 Å². The van der Waals surface area contributed by atoms with Crippen LogP contribution in [0.4, 0.5) is 35.2 Å². The summed E-state index contributed by atoms with van der Waals surface area (Å²) in [6.45, 7) is 3.96. The molecule has 9 heteroatoms. The van der Waals surface area contributed by atoms with Crippen molar-refractivity contribution in [2.24, 2.45) is 0 Å². The maximum atomic E-state index is 12.8. The van der Waals surface area contributed by atoms with Crippen LogP contribution in [0.2, 0.25) is 0 Å². The van der Waals surface area contributed by atoms with E-state index in [-0.39, 0.29) is 6.03 Å². The van der Waals surface area contributed by atoms with Crippen molar-refractivity contribution in [1.82, 2.24) is 9.88 Å². The van der Waals surface area contributed by atoms with Crippen LogP contribution in [0.5, 0.6) is 0 Å². The van der Waals surface area contributed by atoms with Crippen molar-refractivity contribution in [2.45, 2.75) is 25.4 Å². The van der Waals surface area contributed by atoms with Crippen LogP contribution >= 0.6 is 0 Å². The molecular weight excluding hydrogens is 407 g/mol. The number of carbonyl (C=O) groups excluding carboxylic acids is 1. The average molecular weight is 433 g/mol. The number of amides is 2. The predicted octanol–water partition coefficient (Wildman–Crippen LogP) is 4.44. The van der Waals surface area contributed by atoms with Gasteiger partial charge in [-0.25, -0.2) is 9.78 Å². The second-order valence-electron chi connectivity index (χ2n) is 7.87. The van der Waals surface area contributed by atoms with Gasteiger partial charge in [-0.1, -0.05) is 12.1 Å². The van der Waals surface area contributed by atoms with Gasteiger partial charge in [-0.2, -0.15) is 13.2 Å². The third-order valence-electron chi connectivity index (χ3n) is 5.81. The van der Waals surface area contributed by atoms with Gasteiger partial charge >= 0.3 is 12.2 Å². The van der Waals surface area contributed by atoms with E-state index in [1.165, 1.54) is 12.5 Å². The highest BCUT2D eigenvalue weighted by Crippen LogP contribution is 2.30. The van der Waals surface area contributed by atoms with Gasteiger partial charge in [-0.05, 0) is 43.5 Å². The van der Waals surface area contributed by atoms with Crippen LogP contribution in [0.25, 0.3) is 0 Å². The lowest BCUT2D eigenvalue weighted by Crippen LogP contribution is -2.50. The summed E-state index contributed by atoms with van der Waals surface area (Å²) in [4.78, 5) is 22.7. The zero-order valence-electron chi connectivity index (χ0n) is 17.2. The Morgan fingerprint density at radius 1 is 0.871 bits per heavy atom. The highest BCUT2D eigenvalue weighted by Gasteiger charge is 2.31. The van der Waals surface area contributed by atoms with Gasteiger partial charge in [0.1, 0.15) is 5.82 Å². The number of hydrogen-bond acceptors (Lipinski definition) is 4. The van der Waals surface area contributed by atoms with Gasteiger partial charge in [0, 0.05) is 45.5 Å². The van der Waals surface area contributed by atoms with Crippen molar-refractivity contribution in [2.75, 3.05) is 54.4 Å². The maximum Gasteiger partial charge on any atom is 0.417 e. The number of piperazine rings is 1. The topological polar surface area (TPSA) is 51.7 Å². The largest absolute Gasteiger partial charge is 0.417 e. The molecule has 2 aromatic rings. The highest BCUT2D eigenvalue weighted by molar-refractivity contribution is 5.93. The third-order valence-corrected chi connectivity index (χ3v) is 5.81. The number of pyridine rings is 1. The van der Waals surface area contributed by atoms with Crippen molar-refractivity contribution >= 4 is 23.2 Å². The summed E-state index contributed by atoms with van der Waals surface area (Å²) in [5, 5.41) is 3.04. The van der Waals surface area contributed by atoms with Crippen LogP contribution in [0.1, 0.15) is 24.8 Å². The molecule has 2 amide bonds. The molecule has 1 N–H and O–H groups in total. The second-order valence-corrected chi connectivity index (χ2v) is 7.87.